The van der Waals surface area contributed by atoms with Gasteiger partial charge >= 0.3 is 12.0 Å². The Labute approximate surface area is 129 Å². The van der Waals surface area contributed by atoms with Gasteiger partial charge in [-0.3, -0.25) is 4.90 Å². The molecule has 0 saturated carbocycles. The second kappa shape index (κ2) is 8.56. The normalized spacial score (nSPS) is 11.8. The fourth-order valence-electron chi connectivity index (χ4n) is 1.96. The Morgan fingerprint density at radius 1 is 1.43 bits per heavy atom. The van der Waals surface area contributed by atoms with Crippen molar-refractivity contribution in [2.45, 2.75) is 26.3 Å². The summed E-state index contributed by atoms with van der Waals surface area (Å²) >= 11 is 1.56. The van der Waals surface area contributed by atoms with Crippen LogP contribution < -0.4 is 10.2 Å². The molecule has 116 valence electrons. The summed E-state index contributed by atoms with van der Waals surface area (Å²) in [6.07, 6.45) is 2.32. The van der Waals surface area contributed by atoms with Gasteiger partial charge in [-0.1, -0.05) is 12.1 Å². The second-order valence-corrected chi connectivity index (χ2v) is 5.69. The zero-order chi connectivity index (χ0) is 15.8. The van der Waals surface area contributed by atoms with Gasteiger partial charge in [-0.05, 0) is 50.0 Å². The van der Waals surface area contributed by atoms with Crippen molar-refractivity contribution in [3.05, 3.63) is 29.8 Å². The lowest BCUT2D eigenvalue weighted by molar-refractivity contribution is -0.139. The second-order valence-electron chi connectivity index (χ2n) is 4.71. The summed E-state index contributed by atoms with van der Waals surface area (Å²) in [5.74, 6) is -0.314. The Balaban J connectivity index is 2.80. The number of aryl methyl sites for hydroxylation is 1. The summed E-state index contributed by atoms with van der Waals surface area (Å²) in [7, 11) is 0. The van der Waals surface area contributed by atoms with Crippen LogP contribution in [-0.4, -0.2) is 41.7 Å². The van der Waals surface area contributed by atoms with Crippen molar-refractivity contribution in [2.75, 3.05) is 23.5 Å². The topological polar surface area (TPSA) is 69.6 Å². The number of nitrogens with zero attached hydrogens (tertiary/aromatic N) is 1. The Bertz CT molecular complexity index is 494. The molecule has 2 amide bonds. The van der Waals surface area contributed by atoms with E-state index in [0.717, 1.165) is 11.3 Å². The first-order valence-corrected chi connectivity index (χ1v) is 8.25. The van der Waals surface area contributed by atoms with Crippen LogP contribution in [0.25, 0.3) is 0 Å². The van der Waals surface area contributed by atoms with Gasteiger partial charge in [0.2, 0.25) is 0 Å². The van der Waals surface area contributed by atoms with Gasteiger partial charge in [0.1, 0.15) is 6.04 Å². The van der Waals surface area contributed by atoms with Crippen molar-refractivity contribution in [3.63, 3.8) is 0 Å². The van der Waals surface area contributed by atoms with Gasteiger partial charge in [-0.25, -0.2) is 9.59 Å². The van der Waals surface area contributed by atoms with E-state index in [2.05, 4.69) is 5.32 Å². The van der Waals surface area contributed by atoms with Gasteiger partial charge in [0.15, 0.2) is 0 Å². The number of thioether (sulfide) groups is 1. The number of carboxylic acid groups (broad SMARTS) is 1. The number of anilines is 1. The Morgan fingerprint density at radius 3 is 2.67 bits per heavy atom. The summed E-state index contributed by atoms with van der Waals surface area (Å²) in [5, 5.41) is 11.8. The smallest absolute Gasteiger partial charge is 0.326 e. The number of amides is 2. The third kappa shape index (κ3) is 5.30. The molecular formula is C15H22N2O3S. The largest absolute Gasteiger partial charge is 0.480 e. The minimum Gasteiger partial charge on any atom is -0.480 e. The summed E-state index contributed by atoms with van der Waals surface area (Å²) in [6.45, 7) is 4.29. The fraction of sp³-hybridized carbons (Fsp3) is 0.467. The van der Waals surface area contributed by atoms with E-state index in [1.807, 2.05) is 44.4 Å². The average molecular weight is 310 g/mol. The number of carbonyl (C=O) groups excluding carboxylic acids is 1. The molecule has 1 atom stereocenters. The number of aliphatic carboxylic acids is 1. The Morgan fingerprint density at radius 2 is 2.14 bits per heavy atom. The third-order valence-electron chi connectivity index (χ3n) is 3.08. The number of hydrogen-bond donors (Lipinski definition) is 2. The molecule has 1 unspecified atom stereocenters. The molecule has 0 aliphatic heterocycles. The molecule has 0 saturated heterocycles. The molecular weight excluding hydrogens is 288 g/mol. The quantitative estimate of drug-likeness (QED) is 0.812. The van der Waals surface area contributed by atoms with E-state index in [9.17, 15) is 14.7 Å². The first kappa shape index (κ1) is 17.4. The Hall–Kier alpha value is -1.69. The molecule has 0 aliphatic carbocycles. The number of rotatable bonds is 7. The molecule has 5 nitrogen and oxygen atoms in total. The highest BCUT2D eigenvalue weighted by Crippen LogP contribution is 2.16. The van der Waals surface area contributed by atoms with E-state index in [4.69, 9.17) is 0 Å². The van der Waals surface area contributed by atoms with Gasteiger partial charge in [0.05, 0.1) is 0 Å². The van der Waals surface area contributed by atoms with Crippen LogP contribution in [0.5, 0.6) is 0 Å². The number of carbonyl (C=O) groups is 2. The number of carboxylic acids is 1. The zero-order valence-electron chi connectivity index (χ0n) is 12.6. The van der Waals surface area contributed by atoms with Gasteiger partial charge in [-0.15, -0.1) is 0 Å². The highest BCUT2D eigenvalue weighted by Gasteiger charge is 2.22. The molecule has 21 heavy (non-hydrogen) atoms. The van der Waals surface area contributed by atoms with Crippen LogP contribution in [0, 0.1) is 6.92 Å². The van der Waals surface area contributed by atoms with Crippen molar-refractivity contribution in [2.24, 2.45) is 0 Å². The minimum absolute atomic E-state index is 0.378. The molecule has 0 aliphatic rings. The predicted molar refractivity (Wildman–Crippen MR) is 87.2 cm³/mol. The molecule has 0 aromatic heterocycles. The Kier molecular flexibility index (Phi) is 7.08. The third-order valence-corrected chi connectivity index (χ3v) is 3.73. The van der Waals surface area contributed by atoms with Gasteiger partial charge in [-0.2, -0.15) is 11.8 Å². The molecule has 0 fully saturated rings. The molecule has 1 aromatic rings. The highest BCUT2D eigenvalue weighted by molar-refractivity contribution is 7.98. The summed E-state index contributed by atoms with van der Waals surface area (Å²) in [6, 6.07) is 6.34. The predicted octanol–water partition coefficient (Wildman–Crippen LogP) is 2.74. The lowest BCUT2D eigenvalue weighted by Gasteiger charge is -2.24. The van der Waals surface area contributed by atoms with Gasteiger partial charge in [0.25, 0.3) is 0 Å². The average Bonchev–Trinajstić information content (AvgIpc) is 2.44. The molecule has 1 rings (SSSR count). The van der Waals surface area contributed by atoms with Crippen molar-refractivity contribution < 1.29 is 14.7 Å². The van der Waals surface area contributed by atoms with Crippen LogP contribution in [0.2, 0.25) is 0 Å². The minimum atomic E-state index is -1.00. The van der Waals surface area contributed by atoms with Crippen LogP contribution in [0.3, 0.4) is 0 Å². The molecule has 0 heterocycles. The maximum absolute atomic E-state index is 12.3. The van der Waals surface area contributed by atoms with Crippen LogP contribution in [0.15, 0.2) is 24.3 Å². The summed E-state index contributed by atoms with van der Waals surface area (Å²) in [4.78, 5) is 25.1. The first-order valence-electron chi connectivity index (χ1n) is 6.86. The number of nitrogens with one attached hydrogen (secondary N) is 1. The van der Waals surface area contributed by atoms with Gasteiger partial charge in [0, 0.05) is 12.2 Å². The molecule has 6 heteroatoms. The maximum atomic E-state index is 12.3. The van der Waals surface area contributed by atoms with E-state index in [0.29, 0.717) is 18.7 Å². The first-order chi connectivity index (χ1) is 9.99. The number of urea groups is 1. The fourth-order valence-corrected chi connectivity index (χ4v) is 2.43. The molecule has 0 radical (unpaired) electrons. The van der Waals surface area contributed by atoms with Crippen LogP contribution >= 0.6 is 11.8 Å². The maximum Gasteiger partial charge on any atom is 0.326 e. The van der Waals surface area contributed by atoms with Crippen LogP contribution in [-0.2, 0) is 4.79 Å². The molecule has 1 aromatic carbocycles. The van der Waals surface area contributed by atoms with Crippen LogP contribution in [0.4, 0.5) is 10.5 Å². The van der Waals surface area contributed by atoms with Crippen molar-refractivity contribution in [1.82, 2.24) is 5.32 Å². The van der Waals surface area contributed by atoms with E-state index in [1.54, 1.807) is 16.7 Å². The van der Waals surface area contributed by atoms with Crippen molar-refractivity contribution in [1.29, 1.82) is 0 Å². The lowest BCUT2D eigenvalue weighted by Crippen LogP contribution is -2.48. The lowest BCUT2D eigenvalue weighted by atomic mass is 10.2. The monoisotopic (exact) mass is 310 g/mol. The number of benzene rings is 1. The summed E-state index contributed by atoms with van der Waals surface area (Å²) in [5.41, 5.74) is 1.82. The zero-order valence-corrected chi connectivity index (χ0v) is 13.4. The molecule has 0 bridgehead atoms. The SMILES string of the molecule is CCN(C(=O)NC(CCSC)C(=O)O)c1cccc(C)c1. The van der Waals surface area contributed by atoms with Crippen molar-refractivity contribution >= 4 is 29.4 Å². The van der Waals surface area contributed by atoms with E-state index < -0.39 is 12.0 Å². The number of hydrogen-bond acceptors (Lipinski definition) is 3. The van der Waals surface area contributed by atoms with Crippen molar-refractivity contribution in [3.8, 4) is 0 Å². The highest BCUT2D eigenvalue weighted by atomic mass is 32.2. The van der Waals surface area contributed by atoms with E-state index in [-0.39, 0.29) is 6.03 Å². The van der Waals surface area contributed by atoms with E-state index in [1.165, 1.54) is 0 Å². The standard InChI is InChI=1S/C15H22N2O3S/c1-4-17(12-7-5-6-11(2)10-12)15(20)16-13(14(18)19)8-9-21-3/h5-7,10,13H,4,8-9H2,1-3H3,(H,16,20)(H,18,19). The van der Waals surface area contributed by atoms with E-state index >= 15 is 0 Å². The van der Waals surface area contributed by atoms with Crippen LogP contribution in [0.1, 0.15) is 18.9 Å². The molecule has 2 N–H and O–H groups in total. The summed E-state index contributed by atoms with van der Waals surface area (Å²) < 4.78 is 0. The molecule has 0 spiro atoms. The van der Waals surface area contributed by atoms with Gasteiger partial charge < -0.3 is 10.4 Å².